The summed E-state index contributed by atoms with van der Waals surface area (Å²) in [6.07, 6.45) is 2.23. The first-order valence-corrected chi connectivity index (χ1v) is 6.66. The van der Waals surface area contributed by atoms with Gasteiger partial charge in [-0.3, -0.25) is 4.79 Å². The van der Waals surface area contributed by atoms with Gasteiger partial charge in [-0.1, -0.05) is 0 Å². The van der Waals surface area contributed by atoms with Crippen LogP contribution < -0.4 is 4.73 Å². The highest BCUT2D eigenvalue weighted by Crippen LogP contribution is 2.24. The Morgan fingerprint density at radius 2 is 2.28 bits per heavy atom. The van der Waals surface area contributed by atoms with Gasteiger partial charge in [-0.2, -0.15) is 4.73 Å². The molecule has 1 amide bonds. The number of nitrogens with zero attached hydrogens (tertiary/aromatic N) is 2. The first-order chi connectivity index (χ1) is 8.75. The van der Waals surface area contributed by atoms with Crippen molar-refractivity contribution in [3.63, 3.8) is 0 Å². The molecule has 1 aliphatic rings. The Hall–Kier alpha value is -1.88. The van der Waals surface area contributed by atoms with E-state index in [4.69, 9.17) is 0 Å². The van der Waals surface area contributed by atoms with E-state index in [1.165, 1.54) is 16.6 Å². The van der Waals surface area contributed by atoms with E-state index in [0.29, 0.717) is 17.8 Å². The van der Waals surface area contributed by atoms with Crippen LogP contribution in [0.3, 0.4) is 0 Å². The Kier molecular flexibility index (Phi) is 2.76. The van der Waals surface area contributed by atoms with Crippen LogP contribution in [0.4, 0.5) is 0 Å². The van der Waals surface area contributed by atoms with Gasteiger partial charge in [0.2, 0.25) is 0 Å². The zero-order valence-corrected chi connectivity index (χ0v) is 10.5. The molecule has 4 nitrogen and oxygen atoms in total. The Balaban J connectivity index is 1.85. The third-order valence-electron chi connectivity index (χ3n) is 3.14. The highest BCUT2D eigenvalue weighted by Gasteiger charge is 2.26. The van der Waals surface area contributed by atoms with Gasteiger partial charge in [-0.05, 0) is 29.5 Å². The average Bonchev–Trinajstić information content (AvgIpc) is 2.85. The molecule has 0 saturated carbocycles. The van der Waals surface area contributed by atoms with E-state index in [-0.39, 0.29) is 11.6 Å². The molecular weight excluding hydrogens is 248 g/mol. The standard InChI is InChI=1S/C13H12N2O2S/c16-13(11-3-1-2-6-15(11)17)14-7-4-12-10(9-14)5-8-18-12/h1-3,5-6,8H,4,7,9H2. The van der Waals surface area contributed by atoms with Gasteiger partial charge in [-0.25, -0.2) is 0 Å². The molecule has 0 radical (unpaired) electrons. The van der Waals surface area contributed by atoms with Crippen LogP contribution >= 0.6 is 11.3 Å². The molecule has 3 heterocycles. The van der Waals surface area contributed by atoms with Crippen LogP contribution in [-0.4, -0.2) is 17.4 Å². The van der Waals surface area contributed by atoms with Gasteiger partial charge in [-0.15, -0.1) is 11.3 Å². The molecule has 0 aliphatic carbocycles. The minimum atomic E-state index is -0.192. The van der Waals surface area contributed by atoms with Crippen LogP contribution in [0.5, 0.6) is 0 Å². The molecule has 0 spiro atoms. The van der Waals surface area contributed by atoms with E-state index in [1.54, 1.807) is 34.4 Å². The molecule has 3 rings (SSSR count). The van der Waals surface area contributed by atoms with Crippen LogP contribution in [0.25, 0.3) is 0 Å². The van der Waals surface area contributed by atoms with E-state index in [9.17, 15) is 10.0 Å². The maximum Gasteiger partial charge on any atom is 0.320 e. The molecule has 92 valence electrons. The number of carbonyl (C=O) groups excluding carboxylic acids is 1. The number of fused-ring (bicyclic) bond motifs is 1. The molecular formula is C13H12N2O2S. The van der Waals surface area contributed by atoms with E-state index < -0.39 is 0 Å². The summed E-state index contributed by atoms with van der Waals surface area (Å²) in [5.41, 5.74) is 1.39. The average molecular weight is 260 g/mol. The van der Waals surface area contributed by atoms with E-state index >= 15 is 0 Å². The van der Waals surface area contributed by atoms with Gasteiger partial charge in [0.05, 0.1) is 0 Å². The highest BCUT2D eigenvalue weighted by molar-refractivity contribution is 7.10. The van der Waals surface area contributed by atoms with Gasteiger partial charge in [0.1, 0.15) is 0 Å². The molecule has 0 bridgehead atoms. The Morgan fingerprint density at radius 3 is 3.11 bits per heavy atom. The second kappa shape index (κ2) is 4.42. The summed E-state index contributed by atoms with van der Waals surface area (Å²) < 4.78 is 0.630. The number of amides is 1. The van der Waals surface area contributed by atoms with Crippen LogP contribution in [0, 0.1) is 5.21 Å². The number of thiophene rings is 1. The largest absolute Gasteiger partial charge is 0.618 e. The molecule has 2 aromatic heterocycles. The van der Waals surface area contributed by atoms with Crippen LogP contribution in [0.2, 0.25) is 0 Å². The Morgan fingerprint density at radius 1 is 1.39 bits per heavy atom. The van der Waals surface area contributed by atoms with Crippen molar-refractivity contribution in [1.82, 2.24) is 4.90 Å². The number of hydrogen-bond donors (Lipinski definition) is 0. The van der Waals surface area contributed by atoms with Crippen molar-refractivity contribution in [2.24, 2.45) is 0 Å². The molecule has 0 saturated heterocycles. The number of pyridine rings is 1. The van der Waals surface area contributed by atoms with Crippen molar-refractivity contribution >= 4 is 17.2 Å². The lowest BCUT2D eigenvalue weighted by atomic mass is 10.1. The number of carbonyl (C=O) groups is 1. The number of hydrogen-bond acceptors (Lipinski definition) is 3. The fourth-order valence-corrected chi connectivity index (χ4v) is 3.07. The summed E-state index contributed by atoms with van der Waals surface area (Å²) in [5, 5.41) is 13.6. The topological polar surface area (TPSA) is 47.2 Å². The van der Waals surface area contributed by atoms with Gasteiger partial charge in [0.15, 0.2) is 6.20 Å². The van der Waals surface area contributed by atoms with Crippen molar-refractivity contribution in [2.75, 3.05) is 6.54 Å². The molecule has 1 aliphatic heterocycles. The molecule has 0 aromatic carbocycles. The molecule has 0 N–H and O–H groups in total. The summed E-state index contributed by atoms with van der Waals surface area (Å²) in [6, 6.07) is 6.95. The highest BCUT2D eigenvalue weighted by atomic mass is 32.1. The second-order valence-electron chi connectivity index (χ2n) is 4.26. The van der Waals surface area contributed by atoms with Gasteiger partial charge >= 0.3 is 5.91 Å². The number of rotatable bonds is 1. The fraction of sp³-hybridized carbons (Fsp3) is 0.231. The second-order valence-corrected chi connectivity index (χ2v) is 5.26. The zero-order chi connectivity index (χ0) is 12.5. The quantitative estimate of drug-likeness (QED) is 0.577. The van der Waals surface area contributed by atoms with Crippen LogP contribution in [0.1, 0.15) is 20.9 Å². The molecule has 0 fully saturated rings. The van der Waals surface area contributed by atoms with Crippen molar-refractivity contribution < 1.29 is 9.52 Å². The normalized spacial score (nSPS) is 14.3. The molecule has 0 unspecified atom stereocenters. The predicted molar refractivity (Wildman–Crippen MR) is 68.2 cm³/mol. The van der Waals surface area contributed by atoms with Crippen molar-refractivity contribution in [1.29, 1.82) is 0 Å². The number of aromatic nitrogens is 1. The van der Waals surface area contributed by atoms with Crippen molar-refractivity contribution in [2.45, 2.75) is 13.0 Å². The minimum Gasteiger partial charge on any atom is -0.618 e. The molecule has 2 aromatic rings. The summed E-state index contributed by atoms with van der Waals surface area (Å²) in [4.78, 5) is 15.3. The van der Waals surface area contributed by atoms with Gasteiger partial charge in [0, 0.05) is 30.1 Å². The fourth-order valence-electron chi connectivity index (χ4n) is 2.18. The molecule has 0 atom stereocenters. The van der Waals surface area contributed by atoms with E-state index in [0.717, 1.165) is 6.42 Å². The Labute approximate surface area is 109 Å². The molecule has 5 heteroatoms. The maximum absolute atomic E-state index is 12.3. The SMILES string of the molecule is O=C(c1cccc[n+]1[O-])N1CCc2sccc2C1. The van der Waals surface area contributed by atoms with Crippen LogP contribution in [-0.2, 0) is 13.0 Å². The monoisotopic (exact) mass is 260 g/mol. The van der Waals surface area contributed by atoms with Crippen molar-refractivity contribution in [3.8, 4) is 0 Å². The first kappa shape index (κ1) is 11.2. The summed E-state index contributed by atoms with van der Waals surface area (Å²) >= 11 is 1.73. The van der Waals surface area contributed by atoms with Gasteiger partial charge in [0.25, 0.3) is 5.69 Å². The van der Waals surface area contributed by atoms with Crippen molar-refractivity contribution in [3.05, 3.63) is 57.2 Å². The first-order valence-electron chi connectivity index (χ1n) is 5.78. The minimum absolute atomic E-state index is 0.191. The van der Waals surface area contributed by atoms with Gasteiger partial charge < -0.3 is 10.1 Å². The van der Waals surface area contributed by atoms with E-state index in [1.807, 2.05) is 0 Å². The summed E-state index contributed by atoms with van der Waals surface area (Å²) in [5.74, 6) is -0.192. The smallest absolute Gasteiger partial charge is 0.320 e. The summed E-state index contributed by atoms with van der Waals surface area (Å²) in [7, 11) is 0. The van der Waals surface area contributed by atoms with E-state index in [2.05, 4.69) is 11.4 Å². The maximum atomic E-state index is 12.3. The lowest BCUT2D eigenvalue weighted by Crippen LogP contribution is -2.43. The summed E-state index contributed by atoms with van der Waals surface area (Å²) in [6.45, 7) is 1.29. The third-order valence-corrected chi connectivity index (χ3v) is 4.16. The lowest BCUT2D eigenvalue weighted by Gasteiger charge is -2.26. The third kappa shape index (κ3) is 1.86. The predicted octanol–water partition coefficient (Wildman–Crippen LogP) is 1.58. The zero-order valence-electron chi connectivity index (χ0n) is 9.70. The van der Waals surface area contributed by atoms with Crippen LogP contribution in [0.15, 0.2) is 35.8 Å². The lowest BCUT2D eigenvalue weighted by molar-refractivity contribution is -0.608. The Bertz CT molecular complexity index is 594. The molecule has 18 heavy (non-hydrogen) atoms.